The van der Waals surface area contributed by atoms with E-state index in [4.69, 9.17) is 0 Å². The topological polar surface area (TPSA) is 12.0 Å². The monoisotopic (exact) mass is 317 g/mol. The maximum Gasteiger partial charge on any atom is 0.0635 e. The molecule has 1 atom stereocenters. The molecule has 21 heavy (non-hydrogen) atoms. The first-order chi connectivity index (χ1) is 10.4. The molecule has 0 spiro atoms. The van der Waals surface area contributed by atoms with E-state index in [1.54, 1.807) is 0 Å². The van der Waals surface area contributed by atoms with E-state index in [0.29, 0.717) is 6.04 Å². The predicted molar refractivity (Wildman–Crippen MR) is 95.5 cm³/mol. The number of benzene rings is 1. The maximum absolute atomic E-state index is 3.87. The van der Waals surface area contributed by atoms with Crippen molar-refractivity contribution in [1.29, 1.82) is 0 Å². The van der Waals surface area contributed by atoms with Gasteiger partial charge in [0.25, 0.3) is 0 Å². The van der Waals surface area contributed by atoms with Gasteiger partial charge in [-0.2, -0.15) is 0 Å². The molecular formula is C18H23NS2. The molecule has 112 valence electrons. The van der Waals surface area contributed by atoms with Gasteiger partial charge in [-0.05, 0) is 48.1 Å². The van der Waals surface area contributed by atoms with Crippen molar-refractivity contribution in [3.05, 3.63) is 46.7 Å². The largest absolute Gasteiger partial charge is 0.376 e. The van der Waals surface area contributed by atoms with Crippen LogP contribution in [0, 0.1) is 5.92 Å². The highest BCUT2D eigenvalue weighted by atomic mass is 32.2. The van der Waals surface area contributed by atoms with Crippen LogP contribution in [0.1, 0.15) is 43.5 Å². The molecule has 2 aromatic rings. The summed E-state index contributed by atoms with van der Waals surface area (Å²) in [6, 6.07) is 13.7. The molecule has 1 aromatic heterocycles. The smallest absolute Gasteiger partial charge is 0.0635 e. The molecule has 0 amide bonds. The van der Waals surface area contributed by atoms with Crippen LogP contribution in [0.5, 0.6) is 0 Å². The Balaban J connectivity index is 1.84. The SMILES string of the molecule is CCSc1ccccc1NC(c1cccs1)C1CCCC1. The van der Waals surface area contributed by atoms with Crippen molar-refractivity contribution < 1.29 is 0 Å². The molecular weight excluding hydrogens is 294 g/mol. The molecule has 1 unspecified atom stereocenters. The lowest BCUT2D eigenvalue weighted by atomic mass is 9.96. The summed E-state index contributed by atoms with van der Waals surface area (Å²) in [6.07, 6.45) is 5.50. The summed E-state index contributed by atoms with van der Waals surface area (Å²) in [5.41, 5.74) is 1.30. The molecule has 0 bridgehead atoms. The predicted octanol–water partition coefficient (Wildman–Crippen LogP) is 6.20. The lowest BCUT2D eigenvalue weighted by Gasteiger charge is -2.26. The summed E-state index contributed by atoms with van der Waals surface area (Å²) in [5.74, 6) is 1.90. The molecule has 3 rings (SSSR count). The van der Waals surface area contributed by atoms with Gasteiger partial charge in [0.2, 0.25) is 0 Å². The molecule has 1 fully saturated rings. The Hall–Kier alpha value is -0.930. The van der Waals surface area contributed by atoms with Crippen LogP contribution in [0.15, 0.2) is 46.7 Å². The third-order valence-electron chi connectivity index (χ3n) is 4.22. The maximum atomic E-state index is 3.87. The van der Waals surface area contributed by atoms with E-state index >= 15 is 0 Å². The second kappa shape index (κ2) is 7.37. The van der Waals surface area contributed by atoms with Gasteiger partial charge in [0, 0.05) is 15.5 Å². The van der Waals surface area contributed by atoms with E-state index in [0.717, 1.165) is 11.7 Å². The van der Waals surface area contributed by atoms with Crippen molar-refractivity contribution in [3.8, 4) is 0 Å². The fourth-order valence-electron chi connectivity index (χ4n) is 3.22. The van der Waals surface area contributed by atoms with E-state index in [2.05, 4.69) is 54.0 Å². The summed E-state index contributed by atoms with van der Waals surface area (Å²) in [5, 5.41) is 6.07. The third-order valence-corrected chi connectivity index (χ3v) is 6.13. The molecule has 1 N–H and O–H groups in total. The van der Waals surface area contributed by atoms with Crippen LogP contribution in [0.4, 0.5) is 5.69 Å². The summed E-state index contributed by atoms with van der Waals surface area (Å²) in [4.78, 5) is 2.86. The van der Waals surface area contributed by atoms with Crippen LogP contribution in [0.3, 0.4) is 0 Å². The first-order valence-electron chi connectivity index (χ1n) is 7.90. The van der Waals surface area contributed by atoms with Gasteiger partial charge in [0.1, 0.15) is 0 Å². The van der Waals surface area contributed by atoms with Gasteiger partial charge in [-0.25, -0.2) is 0 Å². The second-order valence-corrected chi connectivity index (χ2v) is 7.90. The minimum atomic E-state index is 0.478. The van der Waals surface area contributed by atoms with E-state index < -0.39 is 0 Å². The van der Waals surface area contributed by atoms with Gasteiger partial charge in [0.15, 0.2) is 0 Å². The Morgan fingerprint density at radius 3 is 2.71 bits per heavy atom. The fourth-order valence-corrected chi connectivity index (χ4v) is 4.85. The number of nitrogens with one attached hydrogen (secondary N) is 1. The van der Waals surface area contributed by atoms with Crippen molar-refractivity contribution in [2.24, 2.45) is 5.92 Å². The van der Waals surface area contributed by atoms with Gasteiger partial charge in [-0.15, -0.1) is 23.1 Å². The standard InChI is InChI=1S/C18H23NS2/c1-2-20-16-11-6-5-10-15(16)19-18(14-8-3-4-9-14)17-12-7-13-21-17/h5-7,10-14,18-19H,2-4,8-9H2,1H3. The summed E-state index contributed by atoms with van der Waals surface area (Å²) >= 11 is 3.81. The second-order valence-electron chi connectivity index (χ2n) is 5.61. The summed E-state index contributed by atoms with van der Waals surface area (Å²) < 4.78 is 0. The minimum Gasteiger partial charge on any atom is -0.376 e. The minimum absolute atomic E-state index is 0.478. The van der Waals surface area contributed by atoms with Gasteiger partial charge in [-0.1, -0.05) is 38.0 Å². The molecule has 1 aliphatic rings. The first kappa shape index (κ1) is 15.0. The first-order valence-corrected chi connectivity index (χ1v) is 9.76. The highest BCUT2D eigenvalue weighted by molar-refractivity contribution is 7.99. The highest BCUT2D eigenvalue weighted by Crippen LogP contribution is 2.40. The van der Waals surface area contributed by atoms with Crippen molar-refractivity contribution in [1.82, 2.24) is 0 Å². The number of hydrogen-bond acceptors (Lipinski definition) is 3. The molecule has 0 aliphatic heterocycles. The molecule has 0 saturated heterocycles. The van der Waals surface area contributed by atoms with Gasteiger partial charge in [-0.3, -0.25) is 0 Å². The average molecular weight is 318 g/mol. The van der Waals surface area contributed by atoms with E-state index in [-0.39, 0.29) is 0 Å². The van der Waals surface area contributed by atoms with Gasteiger partial charge in [0.05, 0.1) is 6.04 Å². The van der Waals surface area contributed by atoms with Crippen molar-refractivity contribution >= 4 is 28.8 Å². The Morgan fingerprint density at radius 1 is 1.19 bits per heavy atom. The van der Waals surface area contributed by atoms with Crippen molar-refractivity contribution in [2.75, 3.05) is 11.1 Å². The molecule has 1 aromatic carbocycles. The van der Waals surface area contributed by atoms with Crippen LogP contribution < -0.4 is 5.32 Å². The number of anilines is 1. The number of hydrogen-bond donors (Lipinski definition) is 1. The number of thiophene rings is 1. The number of para-hydroxylation sites is 1. The third kappa shape index (κ3) is 3.64. The number of thioether (sulfide) groups is 1. The molecule has 0 radical (unpaired) electrons. The van der Waals surface area contributed by atoms with Crippen LogP contribution >= 0.6 is 23.1 Å². The van der Waals surface area contributed by atoms with E-state index in [1.807, 2.05) is 23.1 Å². The normalized spacial score (nSPS) is 17.0. The van der Waals surface area contributed by atoms with Gasteiger partial charge >= 0.3 is 0 Å². The van der Waals surface area contributed by atoms with Crippen LogP contribution in [-0.2, 0) is 0 Å². The quantitative estimate of drug-likeness (QED) is 0.636. The molecule has 3 heteroatoms. The van der Waals surface area contributed by atoms with E-state index in [9.17, 15) is 0 Å². The highest BCUT2D eigenvalue weighted by Gasteiger charge is 2.27. The summed E-state index contributed by atoms with van der Waals surface area (Å²) in [7, 11) is 0. The molecule has 1 nitrogen and oxygen atoms in total. The fraction of sp³-hybridized carbons (Fsp3) is 0.444. The molecule has 1 heterocycles. The van der Waals surface area contributed by atoms with Gasteiger partial charge < -0.3 is 5.32 Å². The molecule has 1 saturated carbocycles. The Kier molecular flexibility index (Phi) is 5.26. The lowest BCUT2D eigenvalue weighted by molar-refractivity contribution is 0.475. The molecule has 1 aliphatic carbocycles. The Morgan fingerprint density at radius 2 is 2.00 bits per heavy atom. The Labute approximate surface area is 136 Å². The summed E-state index contributed by atoms with van der Waals surface area (Å²) in [6.45, 7) is 2.22. The Bertz CT molecular complexity index is 544. The lowest BCUT2D eigenvalue weighted by Crippen LogP contribution is -2.18. The zero-order chi connectivity index (χ0) is 14.5. The van der Waals surface area contributed by atoms with Crippen LogP contribution in [0.2, 0.25) is 0 Å². The van der Waals surface area contributed by atoms with Crippen LogP contribution in [0.25, 0.3) is 0 Å². The van der Waals surface area contributed by atoms with E-state index in [1.165, 1.54) is 41.1 Å². The zero-order valence-electron chi connectivity index (χ0n) is 12.5. The van der Waals surface area contributed by atoms with Crippen molar-refractivity contribution in [3.63, 3.8) is 0 Å². The van der Waals surface area contributed by atoms with Crippen molar-refractivity contribution in [2.45, 2.75) is 43.5 Å². The average Bonchev–Trinajstić information content (AvgIpc) is 3.20. The zero-order valence-corrected chi connectivity index (χ0v) is 14.2. The number of rotatable bonds is 6. The van der Waals surface area contributed by atoms with Crippen LogP contribution in [-0.4, -0.2) is 5.75 Å².